The number of carbonyl (C=O) groups excluding carboxylic acids is 1. The predicted molar refractivity (Wildman–Crippen MR) is 74.4 cm³/mol. The highest BCUT2D eigenvalue weighted by atomic mass is 35.5. The van der Waals surface area contributed by atoms with Gasteiger partial charge in [0.15, 0.2) is 0 Å². The van der Waals surface area contributed by atoms with Crippen LogP contribution < -0.4 is 15.8 Å². The number of nitrogens with two attached hydrogens (primary N) is 1. The van der Waals surface area contributed by atoms with Gasteiger partial charge in [-0.3, -0.25) is 9.69 Å². The summed E-state index contributed by atoms with van der Waals surface area (Å²) in [6, 6.07) is 7.08. The quantitative estimate of drug-likeness (QED) is 0.825. The highest BCUT2D eigenvalue weighted by Crippen LogP contribution is 2.22. The van der Waals surface area contributed by atoms with E-state index in [0.717, 1.165) is 13.1 Å². The van der Waals surface area contributed by atoms with E-state index in [0.29, 0.717) is 30.5 Å². The van der Waals surface area contributed by atoms with Crippen molar-refractivity contribution in [2.45, 2.75) is 6.04 Å². The number of ether oxygens (including phenoxy) is 1. The van der Waals surface area contributed by atoms with Crippen molar-refractivity contribution in [1.82, 2.24) is 10.2 Å². The van der Waals surface area contributed by atoms with E-state index in [1.54, 1.807) is 6.07 Å². The number of para-hydroxylation sites is 1. The van der Waals surface area contributed by atoms with Crippen LogP contribution >= 0.6 is 11.6 Å². The fourth-order valence-electron chi connectivity index (χ4n) is 2.13. The minimum absolute atomic E-state index is 0.261. The number of carbonyl (C=O) groups is 1. The number of halogens is 1. The maximum Gasteiger partial charge on any atom is 0.236 e. The molecule has 1 heterocycles. The Bertz CT molecular complexity index is 442. The molecule has 6 heteroatoms. The van der Waals surface area contributed by atoms with E-state index in [9.17, 15) is 4.79 Å². The van der Waals surface area contributed by atoms with E-state index < -0.39 is 0 Å². The van der Waals surface area contributed by atoms with Crippen molar-refractivity contribution in [1.29, 1.82) is 0 Å². The van der Waals surface area contributed by atoms with E-state index >= 15 is 0 Å². The average Bonchev–Trinajstić information content (AvgIpc) is 2.41. The predicted octanol–water partition coefficient (Wildman–Crippen LogP) is 0.478. The molecule has 0 aromatic heterocycles. The van der Waals surface area contributed by atoms with Crippen LogP contribution in [0, 0.1) is 0 Å². The fourth-order valence-corrected chi connectivity index (χ4v) is 2.32. The van der Waals surface area contributed by atoms with Gasteiger partial charge < -0.3 is 15.8 Å². The van der Waals surface area contributed by atoms with Gasteiger partial charge in [0, 0.05) is 26.2 Å². The lowest BCUT2D eigenvalue weighted by Crippen LogP contribution is -2.57. The molecule has 0 aliphatic carbocycles. The zero-order valence-electron chi connectivity index (χ0n) is 10.6. The summed E-state index contributed by atoms with van der Waals surface area (Å²) in [7, 11) is 0. The molecular weight excluding hydrogens is 266 g/mol. The summed E-state index contributed by atoms with van der Waals surface area (Å²) in [5.41, 5.74) is 5.38. The Morgan fingerprint density at radius 1 is 1.53 bits per heavy atom. The minimum Gasteiger partial charge on any atom is -0.491 e. The van der Waals surface area contributed by atoms with Crippen LogP contribution in [0.2, 0.25) is 5.02 Å². The number of rotatable bonds is 5. The molecule has 3 N–H and O–H groups in total. The summed E-state index contributed by atoms with van der Waals surface area (Å²) in [5, 5.41) is 3.75. The molecule has 0 radical (unpaired) electrons. The van der Waals surface area contributed by atoms with Crippen LogP contribution in [-0.2, 0) is 4.79 Å². The lowest BCUT2D eigenvalue weighted by molar-refractivity contribution is -0.123. The van der Waals surface area contributed by atoms with Crippen LogP contribution in [0.15, 0.2) is 24.3 Å². The summed E-state index contributed by atoms with van der Waals surface area (Å²) >= 11 is 6.00. The third-order valence-corrected chi connectivity index (χ3v) is 3.47. The molecular formula is C13H18ClN3O2. The van der Waals surface area contributed by atoms with Crippen molar-refractivity contribution in [3.05, 3.63) is 29.3 Å². The molecule has 2 rings (SSSR count). The maximum absolute atomic E-state index is 11.3. The molecule has 19 heavy (non-hydrogen) atoms. The first-order valence-electron chi connectivity index (χ1n) is 6.30. The molecule has 0 spiro atoms. The summed E-state index contributed by atoms with van der Waals surface area (Å²) < 4.78 is 5.62. The molecule has 0 saturated carbocycles. The second-order valence-electron chi connectivity index (χ2n) is 4.44. The van der Waals surface area contributed by atoms with Crippen LogP contribution in [0.1, 0.15) is 0 Å². The maximum atomic E-state index is 11.3. The molecule has 104 valence electrons. The molecule has 1 saturated heterocycles. The van der Waals surface area contributed by atoms with Crippen molar-refractivity contribution in [3.63, 3.8) is 0 Å². The summed E-state index contributed by atoms with van der Waals surface area (Å²) in [6.45, 7) is 3.38. The van der Waals surface area contributed by atoms with Gasteiger partial charge in [-0.25, -0.2) is 0 Å². The van der Waals surface area contributed by atoms with Crippen LogP contribution in [-0.4, -0.2) is 49.6 Å². The van der Waals surface area contributed by atoms with Gasteiger partial charge in [-0.2, -0.15) is 0 Å². The number of nitrogens with one attached hydrogen (secondary N) is 1. The number of amides is 1. The Kier molecular flexibility index (Phi) is 5.01. The normalized spacial score (nSPS) is 20.2. The standard InChI is InChI=1S/C13H18ClN3O2/c14-10-3-1-2-4-12(10)19-8-7-17-6-5-16-9-11(17)13(15)18/h1-4,11,16H,5-9H2,(H2,15,18). The van der Waals surface area contributed by atoms with Gasteiger partial charge in [0.05, 0.1) is 5.02 Å². The van der Waals surface area contributed by atoms with Crippen LogP contribution in [0.25, 0.3) is 0 Å². The molecule has 1 atom stereocenters. The molecule has 5 nitrogen and oxygen atoms in total. The lowest BCUT2D eigenvalue weighted by Gasteiger charge is -2.33. The first-order chi connectivity index (χ1) is 9.18. The van der Waals surface area contributed by atoms with Gasteiger partial charge in [0.2, 0.25) is 5.91 Å². The van der Waals surface area contributed by atoms with Gasteiger partial charge in [-0.1, -0.05) is 23.7 Å². The topological polar surface area (TPSA) is 67.6 Å². The monoisotopic (exact) mass is 283 g/mol. The van der Waals surface area contributed by atoms with Crippen LogP contribution in [0.4, 0.5) is 0 Å². The Morgan fingerprint density at radius 3 is 3.05 bits per heavy atom. The average molecular weight is 284 g/mol. The Labute approximate surface area is 117 Å². The lowest BCUT2D eigenvalue weighted by atomic mass is 10.2. The Hall–Kier alpha value is -1.30. The SMILES string of the molecule is NC(=O)C1CNCCN1CCOc1ccccc1Cl. The summed E-state index contributed by atoms with van der Waals surface area (Å²) in [6.07, 6.45) is 0. The molecule has 1 aliphatic rings. The first-order valence-corrected chi connectivity index (χ1v) is 6.67. The Balaban J connectivity index is 1.84. The molecule has 1 aliphatic heterocycles. The van der Waals surface area contributed by atoms with Crippen molar-refractivity contribution in [2.75, 3.05) is 32.8 Å². The summed E-state index contributed by atoms with van der Waals surface area (Å²) in [4.78, 5) is 13.4. The highest BCUT2D eigenvalue weighted by Gasteiger charge is 2.26. The molecule has 1 aromatic carbocycles. The van der Waals surface area contributed by atoms with E-state index in [1.165, 1.54) is 0 Å². The van der Waals surface area contributed by atoms with E-state index in [-0.39, 0.29) is 11.9 Å². The number of piperazine rings is 1. The number of nitrogens with zero attached hydrogens (tertiary/aromatic N) is 1. The second kappa shape index (κ2) is 6.75. The van der Waals surface area contributed by atoms with E-state index in [1.807, 2.05) is 23.1 Å². The van der Waals surface area contributed by atoms with Crippen LogP contribution in [0.5, 0.6) is 5.75 Å². The molecule has 1 aromatic rings. The first kappa shape index (κ1) is 14.1. The molecule has 1 fully saturated rings. The highest BCUT2D eigenvalue weighted by molar-refractivity contribution is 6.32. The molecule has 1 amide bonds. The van der Waals surface area contributed by atoms with E-state index in [4.69, 9.17) is 22.1 Å². The van der Waals surface area contributed by atoms with Gasteiger partial charge in [0.1, 0.15) is 18.4 Å². The zero-order valence-corrected chi connectivity index (χ0v) is 11.4. The third kappa shape index (κ3) is 3.83. The van der Waals surface area contributed by atoms with E-state index in [2.05, 4.69) is 5.32 Å². The van der Waals surface area contributed by atoms with Gasteiger partial charge in [0.25, 0.3) is 0 Å². The van der Waals surface area contributed by atoms with Gasteiger partial charge >= 0.3 is 0 Å². The van der Waals surface area contributed by atoms with Crippen molar-refractivity contribution < 1.29 is 9.53 Å². The molecule has 1 unspecified atom stereocenters. The van der Waals surface area contributed by atoms with Crippen molar-refractivity contribution in [2.24, 2.45) is 5.73 Å². The van der Waals surface area contributed by atoms with Crippen molar-refractivity contribution in [3.8, 4) is 5.75 Å². The number of benzene rings is 1. The largest absolute Gasteiger partial charge is 0.491 e. The Morgan fingerprint density at radius 2 is 2.32 bits per heavy atom. The van der Waals surface area contributed by atoms with Crippen molar-refractivity contribution >= 4 is 17.5 Å². The molecule has 0 bridgehead atoms. The number of primary amides is 1. The number of hydrogen-bond donors (Lipinski definition) is 2. The second-order valence-corrected chi connectivity index (χ2v) is 4.84. The van der Waals surface area contributed by atoms with Crippen LogP contribution in [0.3, 0.4) is 0 Å². The zero-order chi connectivity index (χ0) is 13.7. The number of hydrogen-bond acceptors (Lipinski definition) is 4. The fraction of sp³-hybridized carbons (Fsp3) is 0.462. The summed E-state index contributed by atoms with van der Waals surface area (Å²) in [5.74, 6) is 0.361. The third-order valence-electron chi connectivity index (χ3n) is 3.16. The minimum atomic E-state index is -0.301. The van der Waals surface area contributed by atoms with Gasteiger partial charge in [-0.05, 0) is 12.1 Å². The smallest absolute Gasteiger partial charge is 0.236 e. The van der Waals surface area contributed by atoms with Gasteiger partial charge in [-0.15, -0.1) is 0 Å².